The predicted molar refractivity (Wildman–Crippen MR) is 102 cm³/mol. The predicted octanol–water partition coefficient (Wildman–Crippen LogP) is 3.53. The lowest BCUT2D eigenvalue weighted by Gasteiger charge is -2.20. The van der Waals surface area contributed by atoms with E-state index in [0.717, 1.165) is 38.2 Å². The highest BCUT2D eigenvalue weighted by Crippen LogP contribution is 2.23. The molecule has 5 nitrogen and oxygen atoms in total. The fraction of sp³-hybridized carbons (Fsp3) is 0.632. The number of nitrogens with zero attached hydrogens (tertiary/aromatic N) is 2. The Morgan fingerprint density at radius 2 is 2.00 bits per heavy atom. The van der Waals surface area contributed by atoms with Crippen LogP contribution < -0.4 is 15.5 Å². The molecule has 0 atom stereocenters. The smallest absolute Gasteiger partial charge is 0.319 e. The summed E-state index contributed by atoms with van der Waals surface area (Å²) in [6, 6.07) is 8.57. The minimum Gasteiger partial charge on any atom is -0.371 e. The van der Waals surface area contributed by atoms with E-state index in [1.165, 1.54) is 18.5 Å². The molecule has 2 amide bonds. The average Bonchev–Trinajstić information content (AvgIpc) is 3.09. The standard InChI is InChI=1S/C19H32N4O/c1-16(2)22(3)12-5-4-11-20-19(24)21-17-9-8-10-18(15-17)23-13-6-7-14-23/h8-10,15-16H,4-7,11-14H2,1-3H3,(H2,20,21,24). The first kappa shape index (κ1) is 18.6. The average molecular weight is 332 g/mol. The number of hydrogen-bond donors (Lipinski definition) is 2. The SMILES string of the molecule is CC(C)N(C)CCCCNC(=O)Nc1cccc(N2CCCC2)c1. The zero-order chi connectivity index (χ0) is 17.4. The molecule has 0 spiro atoms. The van der Waals surface area contributed by atoms with E-state index in [-0.39, 0.29) is 6.03 Å². The molecule has 1 aromatic carbocycles. The molecule has 0 saturated carbocycles. The van der Waals surface area contributed by atoms with Crippen molar-refractivity contribution in [2.75, 3.05) is 43.4 Å². The molecule has 0 bridgehead atoms. The fourth-order valence-corrected chi connectivity index (χ4v) is 2.88. The van der Waals surface area contributed by atoms with Crippen LogP contribution in [0.15, 0.2) is 24.3 Å². The summed E-state index contributed by atoms with van der Waals surface area (Å²) in [5.41, 5.74) is 2.05. The van der Waals surface area contributed by atoms with Crippen molar-refractivity contribution in [2.24, 2.45) is 0 Å². The molecule has 1 aliphatic rings. The maximum atomic E-state index is 12.0. The number of nitrogens with one attached hydrogen (secondary N) is 2. The molecule has 0 aromatic heterocycles. The van der Waals surface area contributed by atoms with Crippen LogP contribution in [0, 0.1) is 0 Å². The number of anilines is 2. The van der Waals surface area contributed by atoms with Gasteiger partial charge in [0, 0.05) is 37.1 Å². The molecule has 1 saturated heterocycles. The summed E-state index contributed by atoms with van der Waals surface area (Å²) in [7, 11) is 2.14. The van der Waals surface area contributed by atoms with Gasteiger partial charge in [-0.05, 0) is 71.3 Å². The van der Waals surface area contributed by atoms with Crippen molar-refractivity contribution in [3.05, 3.63) is 24.3 Å². The second-order valence-electron chi connectivity index (χ2n) is 6.91. The van der Waals surface area contributed by atoms with E-state index < -0.39 is 0 Å². The van der Waals surface area contributed by atoms with Crippen molar-refractivity contribution in [3.63, 3.8) is 0 Å². The Balaban J connectivity index is 1.68. The van der Waals surface area contributed by atoms with E-state index >= 15 is 0 Å². The second-order valence-corrected chi connectivity index (χ2v) is 6.91. The topological polar surface area (TPSA) is 47.6 Å². The summed E-state index contributed by atoms with van der Waals surface area (Å²) in [4.78, 5) is 16.7. The van der Waals surface area contributed by atoms with Gasteiger partial charge in [-0.2, -0.15) is 0 Å². The quantitative estimate of drug-likeness (QED) is 0.716. The Bertz CT molecular complexity index is 512. The number of carbonyl (C=O) groups excluding carboxylic acids is 1. The van der Waals surface area contributed by atoms with Crippen LogP contribution in [-0.4, -0.2) is 50.2 Å². The Kier molecular flexibility index (Phi) is 7.37. The lowest BCUT2D eigenvalue weighted by Crippen LogP contribution is -2.31. The molecule has 1 aromatic rings. The second kappa shape index (κ2) is 9.52. The van der Waals surface area contributed by atoms with Crippen molar-refractivity contribution in [3.8, 4) is 0 Å². The van der Waals surface area contributed by atoms with Crippen LogP contribution in [0.25, 0.3) is 0 Å². The Labute approximate surface area is 146 Å². The first-order valence-corrected chi connectivity index (χ1v) is 9.16. The van der Waals surface area contributed by atoms with Crippen molar-refractivity contribution in [1.29, 1.82) is 0 Å². The fourth-order valence-electron chi connectivity index (χ4n) is 2.88. The third-order valence-corrected chi connectivity index (χ3v) is 4.68. The number of amides is 2. The van der Waals surface area contributed by atoms with Crippen LogP contribution in [0.2, 0.25) is 0 Å². The third-order valence-electron chi connectivity index (χ3n) is 4.68. The Hall–Kier alpha value is -1.75. The summed E-state index contributed by atoms with van der Waals surface area (Å²) >= 11 is 0. The van der Waals surface area contributed by atoms with Gasteiger partial charge in [-0.15, -0.1) is 0 Å². The minimum atomic E-state index is -0.120. The molecule has 24 heavy (non-hydrogen) atoms. The van der Waals surface area contributed by atoms with Crippen molar-refractivity contribution in [2.45, 2.75) is 45.6 Å². The molecular weight excluding hydrogens is 300 g/mol. The number of carbonyl (C=O) groups is 1. The molecule has 2 N–H and O–H groups in total. The van der Waals surface area contributed by atoms with E-state index in [0.29, 0.717) is 12.6 Å². The number of urea groups is 1. The molecule has 1 aliphatic heterocycles. The lowest BCUT2D eigenvalue weighted by molar-refractivity contribution is 0.250. The van der Waals surface area contributed by atoms with Gasteiger partial charge in [-0.25, -0.2) is 4.79 Å². The number of hydrogen-bond acceptors (Lipinski definition) is 3. The molecule has 0 radical (unpaired) electrons. The number of rotatable bonds is 8. The van der Waals surface area contributed by atoms with Crippen LogP contribution in [-0.2, 0) is 0 Å². The van der Waals surface area contributed by atoms with Crippen LogP contribution in [0.4, 0.5) is 16.2 Å². The largest absolute Gasteiger partial charge is 0.371 e. The van der Waals surface area contributed by atoms with E-state index in [9.17, 15) is 4.79 Å². The molecule has 2 rings (SSSR count). The highest BCUT2D eigenvalue weighted by atomic mass is 16.2. The summed E-state index contributed by atoms with van der Waals surface area (Å²) < 4.78 is 0. The van der Waals surface area contributed by atoms with Crippen LogP contribution in [0.3, 0.4) is 0 Å². The van der Waals surface area contributed by atoms with Gasteiger partial charge in [-0.1, -0.05) is 6.07 Å². The van der Waals surface area contributed by atoms with Gasteiger partial charge in [0.05, 0.1) is 0 Å². The highest BCUT2D eigenvalue weighted by molar-refractivity contribution is 5.89. The van der Waals surface area contributed by atoms with Gasteiger partial charge in [0.25, 0.3) is 0 Å². The van der Waals surface area contributed by atoms with Crippen LogP contribution >= 0.6 is 0 Å². The van der Waals surface area contributed by atoms with Crippen molar-refractivity contribution < 1.29 is 4.79 Å². The monoisotopic (exact) mass is 332 g/mol. The van der Waals surface area contributed by atoms with Gasteiger partial charge in [0.1, 0.15) is 0 Å². The third kappa shape index (κ3) is 6.04. The van der Waals surface area contributed by atoms with Gasteiger partial charge >= 0.3 is 6.03 Å². The van der Waals surface area contributed by atoms with E-state index in [1.807, 2.05) is 12.1 Å². The maximum absolute atomic E-state index is 12.0. The first-order valence-electron chi connectivity index (χ1n) is 9.16. The summed E-state index contributed by atoms with van der Waals surface area (Å²) in [6.45, 7) is 8.40. The van der Waals surface area contributed by atoms with E-state index in [4.69, 9.17) is 0 Å². The summed E-state index contributed by atoms with van der Waals surface area (Å²) in [5, 5.41) is 5.88. The minimum absolute atomic E-state index is 0.120. The Morgan fingerprint density at radius 3 is 2.71 bits per heavy atom. The van der Waals surface area contributed by atoms with E-state index in [2.05, 4.69) is 53.5 Å². The zero-order valence-electron chi connectivity index (χ0n) is 15.3. The van der Waals surface area contributed by atoms with Crippen molar-refractivity contribution >= 4 is 17.4 Å². The number of benzene rings is 1. The van der Waals surface area contributed by atoms with Gasteiger partial charge in [-0.3, -0.25) is 0 Å². The summed E-state index contributed by atoms with van der Waals surface area (Å²) in [6.07, 6.45) is 4.60. The van der Waals surface area contributed by atoms with E-state index in [1.54, 1.807) is 0 Å². The summed E-state index contributed by atoms with van der Waals surface area (Å²) in [5.74, 6) is 0. The van der Waals surface area contributed by atoms with Crippen LogP contribution in [0.5, 0.6) is 0 Å². The first-order chi connectivity index (χ1) is 11.6. The molecule has 1 fully saturated rings. The molecule has 1 heterocycles. The number of unbranched alkanes of at least 4 members (excludes halogenated alkanes) is 1. The maximum Gasteiger partial charge on any atom is 0.319 e. The van der Waals surface area contributed by atoms with Gasteiger partial charge in [0.15, 0.2) is 0 Å². The van der Waals surface area contributed by atoms with Crippen molar-refractivity contribution in [1.82, 2.24) is 10.2 Å². The zero-order valence-corrected chi connectivity index (χ0v) is 15.3. The highest BCUT2D eigenvalue weighted by Gasteiger charge is 2.12. The van der Waals surface area contributed by atoms with Crippen LogP contribution in [0.1, 0.15) is 39.5 Å². The molecular formula is C19H32N4O. The Morgan fingerprint density at radius 1 is 1.25 bits per heavy atom. The molecule has 134 valence electrons. The normalized spacial score (nSPS) is 14.5. The van der Waals surface area contributed by atoms with Gasteiger partial charge in [0.2, 0.25) is 0 Å². The molecule has 5 heteroatoms. The lowest BCUT2D eigenvalue weighted by atomic mass is 10.2. The molecule has 0 aliphatic carbocycles. The van der Waals surface area contributed by atoms with Gasteiger partial charge < -0.3 is 20.4 Å². The molecule has 0 unspecified atom stereocenters.